The van der Waals surface area contributed by atoms with Crippen LogP contribution < -0.4 is 5.32 Å². The smallest absolute Gasteiger partial charge is 0.127 e. The third kappa shape index (κ3) is 3.17. The molecule has 0 unspecified atom stereocenters. The van der Waals surface area contributed by atoms with E-state index in [9.17, 15) is 4.39 Å². The van der Waals surface area contributed by atoms with E-state index >= 15 is 0 Å². The van der Waals surface area contributed by atoms with E-state index in [-0.39, 0.29) is 11.9 Å². The van der Waals surface area contributed by atoms with E-state index in [1.165, 1.54) is 6.07 Å². The molecule has 1 atom stereocenters. The first-order chi connectivity index (χ1) is 8.81. The minimum absolute atomic E-state index is 0.0646. The maximum Gasteiger partial charge on any atom is 0.127 e. The van der Waals surface area contributed by atoms with Crippen LogP contribution in [0.1, 0.15) is 24.9 Å². The molecule has 0 saturated heterocycles. The van der Waals surface area contributed by atoms with Gasteiger partial charge in [0.1, 0.15) is 5.82 Å². The highest BCUT2D eigenvalue weighted by Gasteiger charge is 2.12. The summed E-state index contributed by atoms with van der Waals surface area (Å²) in [5.74, 6) is -0.139. The Morgan fingerprint density at radius 3 is 2.89 bits per heavy atom. The van der Waals surface area contributed by atoms with Crippen molar-refractivity contribution >= 4 is 0 Å². The minimum Gasteiger partial charge on any atom is -0.336 e. The average Bonchev–Trinajstić information content (AvgIpc) is 2.89. The lowest BCUT2D eigenvalue weighted by molar-refractivity contribution is 0.470. The van der Waals surface area contributed by atoms with Gasteiger partial charge in [-0.15, -0.1) is 0 Å². The van der Waals surface area contributed by atoms with Crippen LogP contribution in [0.15, 0.2) is 43.0 Å². The van der Waals surface area contributed by atoms with Gasteiger partial charge in [-0.3, -0.25) is 0 Å². The number of aromatic nitrogens is 2. The molecule has 0 amide bonds. The average molecular weight is 247 g/mol. The van der Waals surface area contributed by atoms with Crippen LogP contribution in [0.3, 0.4) is 0 Å². The molecular formula is C14H18FN3. The van der Waals surface area contributed by atoms with Crippen LogP contribution >= 0.6 is 0 Å². The predicted octanol–water partition coefficient (Wildman–Crippen LogP) is 2.76. The van der Waals surface area contributed by atoms with Crippen LogP contribution in [0.25, 0.3) is 0 Å². The van der Waals surface area contributed by atoms with Gasteiger partial charge in [0, 0.05) is 37.1 Å². The summed E-state index contributed by atoms with van der Waals surface area (Å²) >= 11 is 0. The van der Waals surface area contributed by atoms with E-state index < -0.39 is 0 Å². The van der Waals surface area contributed by atoms with Gasteiger partial charge >= 0.3 is 0 Å². The van der Waals surface area contributed by atoms with Crippen LogP contribution in [0.4, 0.5) is 4.39 Å². The third-order valence-corrected chi connectivity index (χ3v) is 3.01. The second-order valence-electron chi connectivity index (χ2n) is 4.24. The summed E-state index contributed by atoms with van der Waals surface area (Å²) < 4.78 is 15.7. The molecule has 1 heterocycles. The molecule has 2 rings (SSSR count). The molecule has 0 saturated carbocycles. The zero-order chi connectivity index (χ0) is 12.8. The topological polar surface area (TPSA) is 29.9 Å². The van der Waals surface area contributed by atoms with Gasteiger partial charge in [-0.1, -0.05) is 25.1 Å². The molecule has 1 aromatic heterocycles. The number of benzene rings is 1. The largest absolute Gasteiger partial charge is 0.336 e. The molecule has 1 aromatic carbocycles. The number of rotatable bonds is 6. The van der Waals surface area contributed by atoms with E-state index in [1.54, 1.807) is 18.6 Å². The number of nitrogens with one attached hydrogen (secondary N) is 1. The molecule has 0 aliphatic heterocycles. The molecule has 0 spiro atoms. The molecule has 18 heavy (non-hydrogen) atoms. The summed E-state index contributed by atoms with van der Waals surface area (Å²) in [5, 5.41) is 3.38. The van der Waals surface area contributed by atoms with Gasteiger partial charge in [0.05, 0.1) is 6.33 Å². The van der Waals surface area contributed by atoms with E-state index in [1.807, 2.05) is 22.9 Å². The second-order valence-corrected chi connectivity index (χ2v) is 4.24. The third-order valence-electron chi connectivity index (χ3n) is 3.01. The van der Waals surface area contributed by atoms with E-state index in [4.69, 9.17) is 0 Å². The van der Waals surface area contributed by atoms with Crippen LogP contribution in [-0.4, -0.2) is 16.1 Å². The summed E-state index contributed by atoms with van der Waals surface area (Å²) in [6.07, 6.45) is 6.33. The van der Waals surface area contributed by atoms with Gasteiger partial charge in [0.25, 0.3) is 0 Å². The first-order valence-corrected chi connectivity index (χ1v) is 6.24. The Labute approximate surface area is 107 Å². The maximum absolute atomic E-state index is 13.7. The molecule has 96 valence electrons. The van der Waals surface area contributed by atoms with Crippen molar-refractivity contribution in [3.05, 3.63) is 54.4 Å². The zero-order valence-corrected chi connectivity index (χ0v) is 10.5. The molecule has 0 aliphatic carbocycles. The molecule has 0 fully saturated rings. The second kappa shape index (κ2) is 6.31. The van der Waals surface area contributed by atoms with Crippen LogP contribution in [0.2, 0.25) is 0 Å². The van der Waals surface area contributed by atoms with E-state index in [0.29, 0.717) is 0 Å². The molecule has 2 aromatic rings. The van der Waals surface area contributed by atoms with Crippen LogP contribution in [-0.2, 0) is 6.54 Å². The Morgan fingerprint density at radius 1 is 1.39 bits per heavy atom. The first-order valence-electron chi connectivity index (χ1n) is 6.24. The Morgan fingerprint density at radius 2 is 2.22 bits per heavy atom. The monoisotopic (exact) mass is 247 g/mol. The summed E-state index contributed by atoms with van der Waals surface area (Å²) in [6.45, 7) is 3.69. The van der Waals surface area contributed by atoms with Crippen molar-refractivity contribution in [2.45, 2.75) is 25.9 Å². The fraction of sp³-hybridized carbons (Fsp3) is 0.357. The number of hydrogen-bond acceptors (Lipinski definition) is 2. The fourth-order valence-corrected chi connectivity index (χ4v) is 2.02. The highest BCUT2D eigenvalue weighted by molar-refractivity contribution is 5.21. The number of halogens is 1. The summed E-state index contributed by atoms with van der Waals surface area (Å²) in [6, 6.07) is 7.01. The van der Waals surface area contributed by atoms with Crippen molar-refractivity contribution in [3.63, 3.8) is 0 Å². The lowest BCUT2D eigenvalue weighted by Gasteiger charge is -2.18. The molecule has 1 N–H and O–H groups in total. The molecule has 0 radical (unpaired) electrons. The Hall–Kier alpha value is -1.68. The van der Waals surface area contributed by atoms with Gasteiger partial charge in [0.2, 0.25) is 0 Å². The van der Waals surface area contributed by atoms with Crippen molar-refractivity contribution in [2.75, 3.05) is 6.54 Å². The Balaban J connectivity index is 1.91. The normalized spacial score (nSPS) is 12.6. The predicted molar refractivity (Wildman–Crippen MR) is 69.7 cm³/mol. The van der Waals surface area contributed by atoms with Gasteiger partial charge in [0.15, 0.2) is 0 Å². The molecule has 3 nitrogen and oxygen atoms in total. The SMILES string of the molecule is CC[C@H](NCCn1ccnc1)c1ccccc1F. The fourth-order valence-electron chi connectivity index (χ4n) is 2.02. The van der Waals surface area contributed by atoms with Crippen molar-refractivity contribution < 1.29 is 4.39 Å². The van der Waals surface area contributed by atoms with Crippen LogP contribution in [0.5, 0.6) is 0 Å². The van der Waals surface area contributed by atoms with Crippen molar-refractivity contribution in [1.82, 2.24) is 14.9 Å². The highest BCUT2D eigenvalue weighted by Crippen LogP contribution is 2.19. The van der Waals surface area contributed by atoms with E-state index in [0.717, 1.165) is 25.1 Å². The quantitative estimate of drug-likeness (QED) is 0.850. The minimum atomic E-state index is -0.139. The molecule has 0 aliphatic rings. The van der Waals surface area contributed by atoms with Crippen molar-refractivity contribution in [1.29, 1.82) is 0 Å². The number of nitrogens with zero attached hydrogens (tertiary/aromatic N) is 2. The van der Waals surface area contributed by atoms with Gasteiger partial charge in [-0.25, -0.2) is 9.37 Å². The lowest BCUT2D eigenvalue weighted by Crippen LogP contribution is -2.25. The van der Waals surface area contributed by atoms with Gasteiger partial charge in [-0.2, -0.15) is 0 Å². The number of imidazole rings is 1. The Bertz CT molecular complexity index is 468. The van der Waals surface area contributed by atoms with Gasteiger partial charge < -0.3 is 9.88 Å². The molecular weight excluding hydrogens is 229 g/mol. The van der Waals surface area contributed by atoms with Gasteiger partial charge in [-0.05, 0) is 12.5 Å². The van der Waals surface area contributed by atoms with E-state index in [2.05, 4.69) is 17.2 Å². The number of hydrogen-bond donors (Lipinski definition) is 1. The first kappa shape index (κ1) is 12.8. The van der Waals surface area contributed by atoms with Crippen molar-refractivity contribution in [3.8, 4) is 0 Å². The standard InChI is InChI=1S/C14H18FN3/c1-2-14(12-5-3-4-6-13(12)15)17-8-10-18-9-7-16-11-18/h3-7,9,11,14,17H,2,8,10H2,1H3/t14-/m0/s1. The van der Waals surface area contributed by atoms with Crippen molar-refractivity contribution in [2.24, 2.45) is 0 Å². The van der Waals surface area contributed by atoms with Crippen LogP contribution in [0, 0.1) is 5.82 Å². The lowest BCUT2D eigenvalue weighted by atomic mass is 10.0. The zero-order valence-electron chi connectivity index (χ0n) is 10.5. The summed E-state index contributed by atoms with van der Waals surface area (Å²) in [5.41, 5.74) is 0.741. The maximum atomic E-state index is 13.7. The molecule has 0 bridgehead atoms. The highest BCUT2D eigenvalue weighted by atomic mass is 19.1. The molecule has 4 heteroatoms. The Kier molecular flexibility index (Phi) is 4.47. The summed E-state index contributed by atoms with van der Waals surface area (Å²) in [4.78, 5) is 3.99. The summed E-state index contributed by atoms with van der Waals surface area (Å²) in [7, 11) is 0.